The molecule has 7 heteroatoms. The molecule has 1 unspecified atom stereocenters. The van der Waals surface area contributed by atoms with Crippen molar-refractivity contribution in [3.05, 3.63) is 33.0 Å². The number of hydrogen-bond acceptors (Lipinski definition) is 5. The molecule has 0 bridgehead atoms. The molecule has 5 nitrogen and oxygen atoms in total. The Labute approximate surface area is 132 Å². The number of thiophene rings is 1. The van der Waals surface area contributed by atoms with Gasteiger partial charge in [-0.05, 0) is 35.3 Å². The smallest absolute Gasteiger partial charge is 0.318 e. The monoisotopic (exact) mass is 322 g/mol. The van der Waals surface area contributed by atoms with E-state index in [1.807, 2.05) is 11.0 Å². The fourth-order valence-electron chi connectivity index (χ4n) is 2.44. The second-order valence-electron chi connectivity index (χ2n) is 5.41. The molecular weight excluding hydrogens is 304 g/mol. The SMILES string of the molecule is CC(C)c1nnsc1CNC(=O)N1CCC1c1cccs1. The Bertz CT molecular complexity index is 608. The van der Waals surface area contributed by atoms with Crippen molar-refractivity contribution in [2.75, 3.05) is 6.54 Å². The van der Waals surface area contributed by atoms with Crippen LogP contribution in [0, 0.1) is 0 Å². The average Bonchev–Trinajstić information content (AvgIpc) is 3.05. The lowest BCUT2D eigenvalue weighted by Crippen LogP contribution is -2.49. The average molecular weight is 322 g/mol. The second-order valence-corrected chi connectivity index (χ2v) is 7.23. The summed E-state index contributed by atoms with van der Waals surface area (Å²) in [5, 5.41) is 9.19. The fourth-order valence-corrected chi connectivity index (χ4v) is 4.05. The Kier molecular flexibility index (Phi) is 4.21. The van der Waals surface area contributed by atoms with Gasteiger partial charge in [-0.1, -0.05) is 24.4 Å². The van der Waals surface area contributed by atoms with E-state index in [1.54, 1.807) is 11.3 Å². The minimum atomic E-state index is 0.00255. The maximum Gasteiger partial charge on any atom is 0.318 e. The van der Waals surface area contributed by atoms with Crippen molar-refractivity contribution < 1.29 is 4.79 Å². The van der Waals surface area contributed by atoms with Gasteiger partial charge >= 0.3 is 6.03 Å². The van der Waals surface area contributed by atoms with Crippen molar-refractivity contribution in [2.45, 2.75) is 38.8 Å². The van der Waals surface area contributed by atoms with Crippen molar-refractivity contribution in [2.24, 2.45) is 0 Å². The number of carbonyl (C=O) groups excluding carboxylic acids is 1. The molecule has 2 amide bonds. The van der Waals surface area contributed by atoms with Gasteiger partial charge in [-0.15, -0.1) is 16.4 Å². The third-order valence-corrected chi connectivity index (χ3v) is 5.40. The third-order valence-electron chi connectivity index (χ3n) is 3.68. The summed E-state index contributed by atoms with van der Waals surface area (Å²) < 4.78 is 3.98. The summed E-state index contributed by atoms with van der Waals surface area (Å²) in [6.07, 6.45) is 1.05. The van der Waals surface area contributed by atoms with Gasteiger partial charge in [-0.2, -0.15) is 0 Å². The van der Waals surface area contributed by atoms with E-state index < -0.39 is 0 Å². The number of hydrogen-bond donors (Lipinski definition) is 1. The summed E-state index contributed by atoms with van der Waals surface area (Å²) in [6.45, 7) is 5.51. The van der Waals surface area contributed by atoms with E-state index in [4.69, 9.17) is 0 Å². The first kappa shape index (κ1) is 14.5. The molecule has 2 aromatic heterocycles. The second kappa shape index (κ2) is 6.11. The lowest BCUT2D eigenvalue weighted by Gasteiger charge is -2.40. The highest BCUT2D eigenvalue weighted by Gasteiger charge is 2.33. The summed E-state index contributed by atoms with van der Waals surface area (Å²) in [5.74, 6) is 0.332. The standard InChI is InChI=1S/C14H18N4OS2/c1-9(2)13-12(21-17-16-13)8-15-14(19)18-6-5-10(18)11-4-3-7-20-11/h3-4,7,9-10H,5-6,8H2,1-2H3,(H,15,19). The van der Waals surface area contributed by atoms with Crippen molar-refractivity contribution in [1.82, 2.24) is 19.8 Å². The number of nitrogens with zero attached hydrogens (tertiary/aromatic N) is 3. The van der Waals surface area contributed by atoms with Gasteiger partial charge in [0.05, 0.1) is 23.2 Å². The fraction of sp³-hybridized carbons (Fsp3) is 0.500. The molecule has 1 saturated heterocycles. The number of amides is 2. The molecular formula is C14H18N4OS2. The van der Waals surface area contributed by atoms with Crippen molar-refractivity contribution >= 4 is 28.9 Å². The van der Waals surface area contributed by atoms with Crippen LogP contribution in [-0.2, 0) is 6.54 Å². The van der Waals surface area contributed by atoms with Crippen LogP contribution < -0.4 is 5.32 Å². The van der Waals surface area contributed by atoms with Gasteiger partial charge < -0.3 is 10.2 Å². The zero-order chi connectivity index (χ0) is 14.8. The molecule has 0 aliphatic carbocycles. The minimum absolute atomic E-state index is 0.00255. The predicted octanol–water partition coefficient (Wildman–Crippen LogP) is 3.38. The number of urea groups is 1. The zero-order valence-corrected chi connectivity index (χ0v) is 13.7. The molecule has 21 heavy (non-hydrogen) atoms. The normalized spacial score (nSPS) is 17.9. The molecule has 1 aliphatic rings. The van der Waals surface area contributed by atoms with Crippen molar-refractivity contribution in [1.29, 1.82) is 0 Å². The van der Waals surface area contributed by atoms with E-state index in [0.29, 0.717) is 12.5 Å². The third kappa shape index (κ3) is 2.94. The molecule has 1 aliphatic heterocycles. The van der Waals surface area contributed by atoms with Gasteiger partial charge in [-0.3, -0.25) is 0 Å². The number of carbonyl (C=O) groups is 1. The van der Waals surface area contributed by atoms with Crippen LogP contribution in [0.15, 0.2) is 17.5 Å². The largest absolute Gasteiger partial charge is 0.333 e. The van der Waals surface area contributed by atoms with Crippen molar-refractivity contribution in [3.63, 3.8) is 0 Å². The Hall–Kier alpha value is -1.47. The van der Waals surface area contributed by atoms with Gasteiger partial charge in [-0.25, -0.2) is 4.79 Å². The molecule has 112 valence electrons. The summed E-state index contributed by atoms with van der Waals surface area (Å²) in [7, 11) is 0. The molecule has 1 N–H and O–H groups in total. The van der Waals surface area contributed by atoms with Crippen molar-refractivity contribution in [3.8, 4) is 0 Å². The number of rotatable bonds is 4. The van der Waals surface area contributed by atoms with Gasteiger partial charge in [0, 0.05) is 11.4 Å². The van der Waals surface area contributed by atoms with Crippen LogP contribution in [0.25, 0.3) is 0 Å². The number of nitrogens with one attached hydrogen (secondary N) is 1. The minimum Gasteiger partial charge on any atom is -0.333 e. The molecule has 1 atom stereocenters. The van der Waals surface area contributed by atoms with E-state index in [-0.39, 0.29) is 12.1 Å². The molecule has 0 spiro atoms. The van der Waals surface area contributed by atoms with Crippen LogP contribution in [0.5, 0.6) is 0 Å². The van der Waals surface area contributed by atoms with Gasteiger partial charge in [0.2, 0.25) is 0 Å². The maximum absolute atomic E-state index is 12.3. The summed E-state index contributed by atoms with van der Waals surface area (Å²) in [5.41, 5.74) is 0.985. The highest BCUT2D eigenvalue weighted by molar-refractivity contribution is 7.10. The predicted molar refractivity (Wildman–Crippen MR) is 84.6 cm³/mol. The Morgan fingerprint density at radius 3 is 3.05 bits per heavy atom. The van der Waals surface area contributed by atoms with E-state index in [1.165, 1.54) is 16.4 Å². The Balaban J connectivity index is 1.58. The molecule has 3 rings (SSSR count). The highest BCUT2D eigenvalue weighted by Crippen LogP contribution is 2.35. The highest BCUT2D eigenvalue weighted by atomic mass is 32.1. The number of likely N-dealkylation sites (tertiary alicyclic amines) is 1. The maximum atomic E-state index is 12.3. The van der Waals surface area contributed by atoms with Crippen LogP contribution in [0.4, 0.5) is 4.79 Å². The quantitative estimate of drug-likeness (QED) is 0.939. The summed E-state index contributed by atoms with van der Waals surface area (Å²) in [6, 6.07) is 4.38. The van der Waals surface area contributed by atoms with E-state index >= 15 is 0 Å². The molecule has 0 radical (unpaired) electrons. The number of aromatic nitrogens is 2. The summed E-state index contributed by atoms with van der Waals surface area (Å²) in [4.78, 5) is 16.5. The first-order chi connectivity index (χ1) is 10.2. The van der Waals surface area contributed by atoms with Crippen LogP contribution in [0.1, 0.15) is 47.7 Å². The Morgan fingerprint density at radius 1 is 1.57 bits per heavy atom. The van der Waals surface area contributed by atoms with E-state index in [2.05, 4.69) is 40.2 Å². The van der Waals surface area contributed by atoms with Gasteiger partial charge in [0.15, 0.2) is 0 Å². The van der Waals surface area contributed by atoms with Gasteiger partial charge in [0.25, 0.3) is 0 Å². The topological polar surface area (TPSA) is 58.1 Å². The molecule has 0 saturated carbocycles. The summed E-state index contributed by atoms with van der Waals surface area (Å²) >= 11 is 3.07. The Morgan fingerprint density at radius 2 is 2.43 bits per heavy atom. The molecule has 3 heterocycles. The first-order valence-corrected chi connectivity index (χ1v) is 8.71. The van der Waals surface area contributed by atoms with Crippen LogP contribution >= 0.6 is 22.9 Å². The van der Waals surface area contributed by atoms with E-state index in [9.17, 15) is 4.79 Å². The van der Waals surface area contributed by atoms with Crippen LogP contribution in [-0.4, -0.2) is 27.1 Å². The lowest BCUT2D eigenvalue weighted by molar-refractivity contribution is 0.117. The molecule has 2 aromatic rings. The van der Waals surface area contributed by atoms with Crippen LogP contribution in [0.3, 0.4) is 0 Å². The van der Waals surface area contributed by atoms with E-state index in [0.717, 1.165) is 23.5 Å². The zero-order valence-electron chi connectivity index (χ0n) is 12.1. The lowest BCUT2D eigenvalue weighted by atomic mass is 10.0. The molecule has 1 fully saturated rings. The first-order valence-electron chi connectivity index (χ1n) is 7.06. The van der Waals surface area contributed by atoms with Gasteiger partial charge in [0.1, 0.15) is 0 Å². The van der Waals surface area contributed by atoms with Crippen LogP contribution in [0.2, 0.25) is 0 Å². The molecule has 0 aromatic carbocycles.